The largest absolute Gasteiger partial charge is 0.467 e. The lowest BCUT2D eigenvalue weighted by Crippen LogP contribution is -2.49. The maximum Gasteiger partial charge on any atom is 0.328 e. The Morgan fingerprint density at radius 2 is 1.38 bits per heavy atom. The quantitative estimate of drug-likeness (QED) is 0.0688. The highest BCUT2D eigenvalue weighted by atomic mass is 16.5. The van der Waals surface area contributed by atoms with E-state index < -0.39 is 17.6 Å². The van der Waals surface area contributed by atoms with Crippen LogP contribution in [-0.2, 0) is 37.0 Å². The second-order valence-electron chi connectivity index (χ2n) is 15.9. The average Bonchev–Trinajstić information content (AvgIpc) is 3.30. The van der Waals surface area contributed by atoms with Crippen LogP contribution in [0.2, 0.25) is 0 Å². The fourth-order valence-electron chi connectivity index (χ4n) is 5.95. The molecule has 0 aliphatic rings. The Morgan fingerprint density at radius 1 is 0.851 bits per heavy atom. The van der Waals surface area contributed by atoms with E-state index in [1.165, 1.54) is 18.2 Å². The van der Waals surface area contributed by atoms with Crippen LogP contribution in [-0.4, -0.2) is 60.6 Å². The van der Waals surface area contributed by atoms with E-state index in [2.05, 4.69) is 94.7 Å². The number of nitrogens with one attached hydrogen (secondary N) is 2. The number of methoxy groups -OCH3 is 1. The number of carbonyl (C=O) groups is 2. The number of nitrogens with two attached hydrogens (primary N) is 5. The fraction of sp³-hybridized carbons (Fsp3) is 0.657. The molecule has 0 bridgehead atoms. The van der Waals surface area contributed by atoms with E-state index >= 15 is 0 Å². The zero-order valence-corrected chi connectivity index (χ0v) is 30.4. The smallest absolute Gasteiger partial charge is 0.328 e. The van der Waals surface area contributed by atoms with Crippen LogP contribution in [0.25, 0.3) is 10.9 Å². The van der Waals surface area contributed by atoms with E-state index in [-0.39, 0.29) is 46.9 Å². The number of esters is 1. The lowest BCUT2D eigenvalue weighted by Gasteiger charge is -2.30. The van der Waals surface area contributed by atoms with Gasteiger partial charge in [0.2, 0.25) is 5.91 Å². The third-order valence-electron chi connectivity index (χ3n) is 8.42. The van der Waals surface area contributed by atoms with Crippen molar-refractivity contribution >= 4 is 34.7 Å². The molecular formula is C35H61N9O3. The van der Waals surface area contributed by atoms with Crippen LogP contribution in [0, 0.1) is 0 Å². The molecule has 1 aromatic carbocycles. The van der Waals surface area contributed by atoms with Crippen molar-refractivity contribution in [2.24, 2.45) is 38.7 Å². The molecule has 1 amide bonds. The summed E-state index contributed by atoms with van der Waals surface area (Å²) in [5, 5.41) is 4.05. The van der Waals surface area contributed by atoms with Gasteiger partial charge in [-0.15, -0.1) is 0 Å². The topological polar surface area (TPSA) is 226 Å². The van der Waals surface area contributed by atoms with Gasteiger partial charge in [0.25, 0.3) is 0 Å². The van der Waals surface area contributed by atoms with Crippen LogP contribution in [0.5, 0.6) is 0 Å². The van der Waals surface area contributed by atoms with Gasteiger partial charge in [0.15, 0.2) is 11.9 Å². The first kappa shape index (κ1) is 39.4. The Labute approximate surface area is 281 Å². The normalized spacial score (nSPS) is 13.3. The maximum atomic E-state index is 13.7. The van der Waals surface area contributed by atoms with Crippen LogP contribution < -0.4 is 34.0 Å². The van der Waals surface area contributed by atoms with Crippen LogP contribution >= 0.6 is 0 Å². The Morgan fingerprint density at radius 3 is 1.81 bits per heavy atom. The van der Waals surface area contributed by atoms with E-state index in [0.29, 0.717) is 38.8 Å². The third-order valence-corrected chi connectivity index (χ3v) is 8.42. The second kappa shape index (κ2) is 15.4. The maximum absolute atomic E-state index is 13.7. The van der Waals surface area contributed by atoms with E-state index in [4.69, 9.17) is 33.4 Å². The molecule has 1 aromatic heterocycles. The zero-order chi connectivity index (χ0) is 36.0. The first-order valence-corrected chi connectivity index (χ1v) is 16.5. The van der Waals surface area contributed by atoms with Crippen molar-refractivity contribution in [3.8, 4) is 0 Å². The molecule has 0 spiro atoms. The van der Waals surface area contributed by atoms with Gasteiger partial charge in [0, 0.05) is 53.5 Å². The van der Waals surface area contributed by atoms with Crippen LogP contribution in [0.4, 0.5) is 0 Å². The number of amides is 1. The third kappa shape index (κ3) is 11.4. The van der Waals surface area contributed by atoms with Crippen molar-refractivity contribution in [2.45, 2.75) is 129 Å². The molecule has 1 atom stereocenters. The molecule has 12 N–H and O–H groups in total. The van der Waals surface area contributed by atoms with Gasteiger partial charge in [-0.05, 0) is 59.3 Å². The molecule has 2 rings (SSSR count). The molecule has 0 unspecified atom stereocenters. The first-order chi connectivity index (χ1) is 21.5. The number of hydrogen-bond donors (Lipinski definition) is 7. The molecule has 0 saturated heterocycles. The van der Waals surface area contributed by atoms with Gasteiger partial charge in [-0.1, -0.05) is 68.4 Å². The number of fused-ring (bicyclic) bond motifs is 1. The van der Waals surface area contributed by atoms with E-state index in [1.807, 2.05) is 0 Å². The van der Waals surface area contributed by atoms with Gasteiger partial charge >= 0.3 is 5.97 Å². The Hall–Kier alpha value is -3.80. The molecule has 264 valence electrons. The highest BCUT2D eigenvalue weighted by Crippen LogP contribution is 2.41. The molecule has 0 radical (unpaired) electrons. The number of ether oxygens (including phenoxy) is 1. The number of hydrogen-bond acceptors (Lipinski definition) is 6. The molecule has 47 heavy (non-hydrogen) atoms. The highest BCUT2D eigenvalue weighted by molar-refractivity contribution is 5.92. The summed E-state index contributed by atoms with van der Waals surface area (Å²) in [4.78, 5) is 38.8. The Kier molecular flexibility index (Phi) is 12.9. The minimum absolute atomic E-state index is 0.00445. The molecule has 12 heteroatoms. The van der Waals surface area contributed by atoms with Gasteiger partial charge in [0.1, 0.15) is 6.04 Å². The molecule has 1 heterocycles. The van der Waals surface area contributed by atoms with Gasteiger partial charge in [-0.25, -0.2) is 4.79 Å². The number of carbonyl (C=O) groups excluding carboxylic acids is 2. The van der Waals surface area contributed by atoms with Gasteiger partial charge in [-0.2, -0.15) is 0 Å². The number of nitrogens with zero attached hydrogens (tertiary/aromatic N) is 2. The van der Waals surface area contributed by atoms with Crippen LogP contribution in [0.3, 0.4) is 0 Å². The Balaban J connectivity index is 2.55. The van der Waals surface area contributed by atoms with E-state index in [0.717, 1.165) is 22.2 Å². The Bertz CT molecular complexity index is 1420. The number of guanidine groups is 2. The van der Waals surface area contributed by atoms with Crippen LogP contribution in [0.15, 0.2) is 22.1 Å². The van der Waals surface area contributed by atoms with Gasteiger partial charge in [0.05, 0.1) is 7.11 Å². The molecule has 0 fully saturated rings. The summed E-state index contributed by atoms with van der Waals surface area (Å²) in [7, 11) is 1.33. The van der Waals surface area contributed by atoms with Crippen molar-refractivity contribution in [3.05, 3.63) is 34.5 Å². The molecule has 2 aromatic rings. The number of aromatic nitrogens is 1. The summed E-state index contributed by atoms with van der Waals surface area (Å²) in [5.41, 5.74) is 32.7. The van der Waals surface area contributed by atoms with Gasteiger partial charge in [-0.3, -0.25) is 14.8 Å². The number of aliphatic imine (C=N–C) groups is 2. The second-order valence-corrected chi connectivity index (χ2v) is 15.9. The number of rotatable bonds is 14. The predicted molar refractivity (Wildman–Crippen MR) is 193 cm³/mol. The lowest BCUT2D eigenvalue weighted by atomic mass is 9.77. The first-order valence-electron chi connectivity index (χ1n) is 16.5. The summed E-state index contributed by atoms with van der Waals surface area (Å²) in [5.74, 6) is -0.889. The van der Waals surface area contributed by atoms with Crippen molar-refractivity contribution in [3.63, 3.8) is 0 Å². The summed E-state index contributed by atoms with van der Waals surface area (Å²) in [6, 6.07) is 3.56. The van der Waals surface area contributed by atoms with Crippen molar-refractivity contribution < 1.29 is 14.3 Å². The number of aromatic amines is 1. The molecule has 0 aliphatic carbocycles. The van der Waals surface area contributed by atoms with Crippen molar-refractivity contribution in [2.75, 3.05) is 20.2 Å². The summed E-state index contributed by atoms with van der Waals surface area (Å²) in [6.07, 6.45) is 2.32. The SMILES string of the molecule is COC(=O)[C@H](Cc1c(C(C)(C)C)[nH]c2cc(C(C)(C)C)cc(C(C)(C)C)c12)NC(=O)CC(N)(CCCN=C(N)N)CCCN=C(N)N. The average molecular weight is 656 g/mol. The zero-order valence-electron chi connectivity index (χ0n) is 30.4. The minimum Gasteiger partial charge on any atom is -0.467 e. The summed E-state index contributed by atoms with van der Waals surface area (Å²) < 4.78 is 5.22. The summed E-state index contributed by atoms with van der Waals surface area (Å²) >= 11 is 0. The molecule has 0 aliphatic heterocycles. The van der Waals surface area contributed by atoms with E-state index in [1.54, 1.807) is 0 Å². The fourth-order valence-corrected chi connectivity index (χ4v) is 5.95. The van der Waals surface area contributed by atoms with Crippen molar-refractivity contribution in [1.29, 1.82) is 0 Å². The van der Waals surface area contributed by atoms with Crippen LogP contribution in [0.1, 0.15) is 117 Å². The predicted octanol–water partition coefficient (Wildman–Crippen LogP) is 3.46. The molecule has 0 saturated carbocycles. The number of benzene rings is 1. The summed E-state index contributed by atoms with van der Waals surface area (Å²) in [6.45, 7) is 20.4. The standard InChI is InChI=1S/C35H61N9O3/c1-32(2,3)21-17-23(33(4,5)6)27-22(28(34(7,8)9)44-24(27)18-21)19-25(29(46)47-10)43-26(45)20-35(40,13-11-15-41-30(36)37)14-12-16-42-31(38)39/h17-18,25,44H,11-16,19-20,40H2,1-10H3,(H,43,45)(H4,36,37,41)(H4,38,39,42)/t25-/m0/s1. The molecule has 12 nitrogen and oxygen atoms in total. The monoisotopic (exact) mass is 655 g/mol. The number of H-pyrrole nitrogens is 1. The molecular weight excluding hydrogens is 594 g/mol. The highest BCUT2D eigenvalue weighted by Gasteiger charge is 2.34. The van der Waals surface area contributed by atoms with Gasteiger partial charge < -0.3 is 43.7 Å². The minimum atomic E-state index is -0.935. The lowest BCUT2D eigenvalue weighted by molar-refractivity contribution is -0.145. The van der Waals surface area contributed by atoms with Crippen molar-refractivity contribution in [1.82, 2.24) is 10.3 Å². The van der Waals surface area contributed by atoms with E-state index in [9.17, 15) is 9.59 Å².